The first-order valence-corrected chi connectivity index (χ1v) is 33.6. The van der Waals surface area contributed by atoms with Crippen LogP contribution in [-0.4, -0.2) is 223 Å². The van der Waals surface area contributed by atoms with Crippen LogP contribution in [0.25, 0.3) is 22.3 Å². The highest BCUT2D eigenvalue weighted by molar-refractivity contribution is 7.99. The molecule has 1 aliphatic carbocycles. The van der Waals surface area contributed by atoms with Gasteiger partial charge in [-0.2, -0.15) is 23.5 Å². The van der Waals surface area contributed by atoms with Gasteiger partial charge >= 0.3 is 11.9 Å². The van der Waals surface area contributed by atoms with Crippen molar-refractivity contribution in [2.24, 2.45) is 11.8 Å². The summed E-state index contributed by atoms with van der Waals surface area (Å²) >= 11 is 2.94. The van der Waals surface area contributed by atoms with E-state index in [2.05, 4.69) is 31.9 Å². The Balaban J connectivity index is 0.750. The molecule has 26 nitrogen and oxygen atoms in total. The van der Waals surface area contributed by atoms with Crippen LogP contribution in [0.2, 0.25) is 0 Å². The van der Waals surface area contributed by atoms with Crippen LogP contribution in [0, 0.1) is 11.8 Å². The van der Waals surface area contributed by atoms with E-state index in [4.69, 9.17) is 18.9 Å². The minimum Gasteiger partial charge on any atom is -0.477 e. The largest absolute Gasteiger partial charge is 0.477 e. The normalized spacial score (nSPS) is 24.9. The topological polar surface area (TPSA) is 408 Å². The number of thioether (sulfide) groups is 2. The Morgan fingerprint density at radius 3 is 1.17 bits per heavy atom. The van der Waals surface area contributed by atoms with Gasteiger partial charge in [-0.25, -0.2) is 9.59 Å². The van der Waals surface area contributed by atoms with Crippen molar-refractivity contribution in [3.8, 4) is 22.3 Å². The molecule has 4 aromatic carbocycles. The van der Waals surface area contributed by atoms with Crippen LogP contribution in [0.4, 0.5) is 0 Å². The number of nitrogens with one attached hydrogen (secondary N) is 6. The fraction of sp³-hybridized carbons (Fsp3) is 0.515. The lowest BCUT2D eigenvalue weighted by Crippen LogP contribution is -2.68. The van der Waals surface area contributed by atoms with E-state index in [1.54, 1.807) is 48.5 Å². The predicted molar refractivity (Wildman–Crippen MR) is 347 cm³/mol. The Labute approximate surface area is 553 Å². The minimum absolute atomic E-state index is 0.124. The summed E-state index contributed by atoms with van der Waals surface area (Å²) in [6, 6.07) is 29.8. The van der Waals surface area contributed by atoms with Crippen molar-refractivity contribution in [1.82, 2.24) is 31.9 Å². The third-order valence-corrected chi connectivity index (χ3v) is 18.7. The summed E-state index contributed by atoms with van der Waals surface area (Å²) in [7, 11) is 0. The maximum atomic E-state index is 13.1. The Morgan fingerprint density at radius 1 is 0.500 bits per heavy atom. The first-order chi connectivity index (χ1) is 45.0. The number of hydrogen-bond acceptors (Lipinski definition) is 20. The van der Waals surface area contributed by atoms with E-state index in [1.165, 1.54) is 23.5 Å². The van der Waals surface area contributed by atoms with Crippen molar-refractivity contribution in [2.75, 3.05) is 62.4 Å². The van der Waals surface area contributed by atoms with Gasteiger partial charge in [0.15, 0.2) is 0 Å². The molecule has 28 heteroatoms. The number of aliphatic hydroxyl groups is 6. The number of carboxylic acids is 2. The van der Waals surface area contributed by atoms with Gasteiger partial charge in [-0.05, 0) is 96.5 Å². The number of carbonyl (C=O) groups is 8. The predicted octanol–water partition coefficient (Wildman–Crippen LogP) is 1.81. The van der Waals surface area contributed by atoms with Gasteiger partial charge in [-0.1, -0.05) is 84.9 Å². The minimum atomic E-state index is -2.47. The van der Waals surface area contributed by atoms with E-state index >= 15 is 0 Å². The molecule has 3 aliphatic rings. The Bertz CT molecular complexity index is 2930. The lowest BCUT2D eigenvalue weighted by atomic mass is 9.81. The standard InChI is InChI=1S/C66H86N6O20S2/c1-39(73)71-53-49(75)35-65(63(85)86,91-57(53)55(79)51(77)37-69-61(83)47-19-15-43(16-20-47)41-11-5-3-6-12-41)89-29-9-31-93-33-27-67-59(81)45-23-25-46(26-24-45)60(82)68-28-34-94-32-10-30-90-66(64(87)88)36-50(76)54(72-40(2)74)58(92-66)56(80)52(78)38-70-62(84)48-21-17-44(18-22-48)42-13-7-4-8-14-42/h3-8,11-22,45-46,49-58,75-80H,9-10,23-38H2,1-2H3,(H,67,81)(H,68,82)(H,69,83)(H,70,84)(H,71,73)(H,72,74)(H,85,86)(H,87,88)/t45?,46?,49-,50-,51+,52+,53+,54+,55+,56+,57+,58+,65+,66+/m0/s1. The number of benzene rings is 4. The summed E-state index contributed by atoms with van der Waals surface area (Å²) in [6.45, 7) is 1.69. The highest BCUT2D eigenvalue weighted by Crippen LogP contribution is 2.36. The average Bonchev–Trinajstić information content (AvgIpc) is 0.791. The van der Waals surface area contributed by atoms with E-state index in [9.17, 15) is 79.2 Å². The van der Waals surface area contributed by atoms with E-state index in [1.807, 2.05) is 60.7 Å². The number of aliphatic carboxylic acids is 2. The lowest BCUT2D eigenvalue weighted by molar-refractivity contribution is -0.310. The molecule has 512 valence electrons. The zero-order chi connectivity index (χ0) is 68.0. The van der Waals surface area contributed by atoms with Crippen LogP contribution in [0.1, 0.15) is 85.9 Å². The monoisotopic (exact) mass is 1350 g/mol. The highest BCUT2D eigenvalue weighted by atomic mass is 32.2. The lowest BCUT2D eigenvalue weighted by Gasteiger charge is -2.46. The molecule has 14 N–H and O–H groups in total. The molecule has 1 saturated carbocycles. The molecular weight excluding hydrogens is 1260 g/mol. The van der Waals surface area contributed by atoms with Gasteiger partial charge in [0.05, 0.1) is 49.7 Å². The SMILES string of the molecule is CC(=O)N[C@H]1[C@H]([C@H](O)[C@H](O)CNC(=O)c2ccc(-c3ccccc3)cc2)O[C@@](OCCCSCCNC(=O)C2CCC(C(=O)NCCSCCCO[C@]3(C(=O)O)C[C@H](O)[C@@H](NC(C)=O)[C@H]([C@H](O)[C@H](O)CNC(=O)c4ccc(-c5ccccc5)cc4)O3)CC2)(C(=O)O)C[C@@H]1O. The fourth-order valence-electron chi connectivity index (χ4n) is 11.5. The van der Waals surface area contributed by atoms with Gasteiger partial charge in [-0.15, -0.1) is 0 Å². The third kappa shape index (κ3) is 21.0. The molecule has 2 aliphatic heterocycles. The number of aliphatic hydroxyl groups excluding tert-OH is 6. The zero-order valence-electron chi connectivity index (χ0n) is 52.3. The quantitative estimate of drug-likeness (QED) is 0.0297. The second-order valence-corrected chi connectivity index (χ2v) is 25.9. The first kappa shape index (κ1) is 74.3. The van der Waals surface area contributed by atoms with Crippen molar-refractivity contribution < 1.29 is 98.2 Å². The van der Waals surface area contributed by atoms with Crippen LogP contribution in [0.5, 0.6) is 0 Å². The van der Waals surface area contributed by atoms with E-state index in [0.29, 0.717) is 74.6 Å². The first-order valence-electron chi connectivity index (χ1n) is 31.3. The van der Waals surface area contributed by atoms with Crippen molar-refractivity contribution in [3.05, 3.63) is 120 Å². The molecule has 7 rings (SSSR count). The number of hydrogen-bond donors (Lipinski definition) is 14. The van der Waals surface area contributed by atoms with Crippen LogP contribution in [0.3, 0.4) is 0 Å². The number of carbonyl (C=O) groups excluding carboxylic acids is 6. The smallest absolute Gasteiger partial charge is 0.364 e. The summed E-state index contributed by atoms with van der Waals surface area (Å²) in [5, 5.41) is 104. The van der Waals surface area contributed by atoms with Gasteiger partial charge in [0.2, 0.25) is 23.6 Å². The van der Waals surface area contributed by atoms with Crippen LogP contribution in [0.15, 0.2) is 109 Å². The van der Waals surface area contributed by atoms with Crippen molar-refractivity contribution in [2.45, 2.75) is 138 Å². The molecule has 2 heterocycles. The van der Waals surface area contributed by atoms with Crippen molar-refractivity contribution in [1.29, 1.82) is 0 Å². The molecule has 94 heavy (non-hydrogen) atoms. The summed E-state index contributed by atoms with van der Waals surface area (Å²) in [5.41, 5.74) is 4.20. The van der Waals surface area contributed by atoms with Crippen molar-refractivity contribution in [3.63, 3.8) is 0 Å². The Morgan fingerprint density at radius 2 is 0.840 bits per heavy atom. The number of carboxylic acid groups (broad SMARTS) is 2. The zero-order valence-corrected chi connectivity index (χ0v) is 54.0. The van der Waals surface area contributed by atoms with Crippen molar-refractivity contribution >= 4 is 70.9 Å². The maximum Gasteiger partial charge on any atom is 0.364 e. The summed E-state index contributed by atoms with van der Waals surface area (Å²) in [4.78, 5) is 102. The van der Waals surface area contributed by atoms with Gasteiger partial charge < -0.3 is 91.7 Å². The fourth-order valence-corrected chi connectivity index (χ4v) is 13.0. The maximum absolute atomic E-state index is 13.1. The summed E-state index contributed by atoms with van der Waals surface area (Å²) in [6.07, 6.45) is -12.4. The molecular formula is C66H86N6O20S2. The van der Waals surface area contributed by atoms with E-state index < -0.39 is 134 Å². The molecule has 0 bridgehead atoms. The molecule has 2 saturated heterocycles. The summed E-state index contributed by atoms with van der Waals surface area (Å²) < 4.78 is 23.2. The van der Waals surface area contributed by atoms with Gasteiger partial charge in [0.25, 0.3) is 23.4 Å². The van der Waals surface area contributed by atoms with Gasteiger partial charge in [0.1, 0.15) is 24.4 Å². The Kier molecular flexibility index (Phi) is 28.6. The molecule has 12 atom stereocenters. The molecule has 4 aromatic rings. The van der Waals surface area contributed by atoms with Crippen LogP contribution < -0.4 is 31.9 Å². The molecule has 0 radical (unpaired) electrons. The van der Waals surface area contributed by atoms with Gasteiger partial charge in [0, 0.05) is 87.3 Å². The number of rotatable bonds is 34. The molecule has 6 amide bonds. The second-order valence-electron chi connectivity index (χ2n) is 23.5. The average molecular weight is 1350 g/mol. The van der Waals surface area contributed by atoms with E-state index in [0.717, 1.165) is 36.1 Å². The third-order valence-electron chi connectivity index (χ3n) is 16.5. The Hall–Kier alpha value is -7.06. The van der Waals surface area contributed by atoms with E-state index in [-0.39, 0.29) is 48.0 Å². The van der Waals surface area contributed by atoms with Crippen LogP contribution in [-0.2, 0) is 47.7 Å². The van der Waals surface area contributed by atoms with Gasteiger partial charge in [-0.3, -0.25) is 28.8 Å². The number of amides is 6. The second kappa shape index (κ2) is 36.2. The molecule has 0 spiro atoms. The summed E-state index contributed by atoms with van der Waals surface area (Å²) in [5.74, 6) is -9.34. The molecule has 0 aromatic heterocycles. The highest BCUT2D eigenvalue weighted by Gasteiger charge is 2.57. The van der Waals surface area contributed by atoms with Crippen LogP contribution >= 0.6 is 23.5 Å². The molecule has 0 unspecified atom stereocenters. The molecule has 3 fully saturated rings. The number of ether oxygens (including phenoxy) is 4.